The molecule has 0 spiro atoms. The maximum Gasteiger partial charge on any atom is 0.142 e. The van der Waals surface area contributed by atoms with E-state index in [9.17, 15) is 0 Å². The fourth-order valence-corrected chi connectivity index (χ4v) is 2.35. The number of rotatable bonds is 3. The third-order valence-electron chi connectivity index (χ3n) is 3.28. The van der Waals surface area contributed by atoms with Crippen LogP contribution in [0.15, 0.2) is 18.2 Å². The first-order valence-electron chi connectivity index (χ1n) is 5.93. The number of hydrogen-bond donors (Lipinski definition) is 2. The number of benzene rings is 1. The molecular weight excluding hydrogens is 200 g/mol. The average molecular weight is 220 g/mol. The van der Waals surface area contributed by atoms with Gasteiger partial charge in [0.25, 0.3) is 0 Å². The lowest BCUT2D eigenvalue weighted by Crippen LogP contribution is -2.31. The number of hydrogen-bond acceptors (Lipinski definition) is 3. The van der Waals surface area contributed by atoms with Crippen LogP contribution in [0, 0.1) is 5.92 Å². The van der Waals surface area contributed by atoms with E-state index in [0.29, 0.717) is 5.92 Å². The number of nitrogen functional groups attached to an aromatic ring is 1. The lowest BCUT2D eigenvalue weighted by Gasteiger charge is -2.23. The van der Waals surface area contributed by atoms with Crippen LogP contribution >= 0.6 is 0 Å². The summed E-state index contributed by atoms with van der Waals surface area (Å²) in [5.74, 6) is 1.50. The van der Waals surface area contributed by atoms with Crippen molar-refractivity contribution in [2.24, 2.45) is 5.92 Å². The second-order valence-corrected chi connectivity index (χ2v) is 4.45. The summed E-state index contributed by atoms with van der Waals surface area (Å²) in [6.07, 6.45) is 3.62. The first kappa shape index (κ1) is 11.3. The Morgan fingerprint density at radius 1 is 1.50 bits per heavy atom. The van der Waals surface area contributed by atoms with Crippen LogP contribution in [0.1, 0.15) is 18.4 Å². The molecule has 2 rings (SSSR count). The van der Waals surface area contributed by atoms with E-state index in [2.05, 4.69) is 11.4 Å². The molecule has 0 saturated carbocycles. The van der Waals surface area contributed by atoms with Gasteiger partial charge in [-0.3, -0.25) is 0 Å². The first-order chi connectivity index (χ1) is 7.81. The van der Waals surface area contributed by atoms with E-state index in [-0.39, 0.29) is 0 Å². The van der Waals surface area contributed by atoms with Gasteiger partial charge in [-0.2, -0.15) is 0 Å². The minimum Gasteiger partial charge on any atom is -0.495 e. The fraction of sp³-hybridized carbons (Fsp3) is 0.538. The van der Waals surface area contributed by atoms with Crippen molar-refractivity contribution in [1.29, 1.82) is 0 Å². The molecule has 1 aliphatic rings. The minimum atomic E-state index is 0.711. The van der Waals surface area contributed by atoms with Crippen LogP contribution in [0.4, 0.5) is 5.69 Å². The summed E-state index contributed by atoms with van der Waals surface area (Å²) in [5, 5.41) is 3.43. The Hall–Kier alpha value is -1.22. The number of anilines is 1. The van der Waals surface area contributed by atoms with Gasteiger partial charge >= 0.3 is 0 Å². The van der Waals surface area contributed by atoms with Crippen LogP contribution in [0.2, 0.25) is 0 Å². The Balaban J connectivity index is 2.08. The van der Waals surface area contributed by atoms with Gasteiger partial charge in [0.05, 0.1) is 12.8 Å². The molecule has 1 aromatic rings. The second kappa shape index (κ2) is 5.21. The molecule has 3 nitrogen and oxygen atoms in total. The largest absolute Gasteiger partial charge is 0.495 e. The smallest absolute Gasteiger partial charge is 0.142 e. The Kier molecular flexibility index (Phi) is 3.67. The third kappa shape index (κ3) is 2.47. The molecule has 1 saturated heterocycles. The first-order valence-corrected chi connectivity index (χ1v) is 5.93. The van der Waals surface area contributed by atoms with Gasteiger partial charge in [0, 0.05) is 0 Å². The predicted octanol–water partition coefficient (Wildman–Crippen LogP) is 1.82. The quantitative estimate of drug-likeness (QED) is 0.764. The van der Waals surface area contributed by atoms with Crippen LogP contribution < -0.4 is 15.8 Å². The Labute approximate surface area is 97.0 Å². The lowest BCUT2D eigenvalue weighted by atomic mass is 9.91. The van der Waals surface area contributed by atoms with Crippen molar-refractivity contribution in [3.05, 3.63) is 23.8 Å². The van der Waals surface area contributed by atoms with Gasteiger partial charge < -0.3 is 15.8 Å². The van der Waals surface area contributed by atoms with E-state index in [1.54, 1.807) is 7.11 Å². The number of nitrogens with two attached hydrogens (primary N) is 1. The van der Waals surface area contributed by atoms with Crippen LogP contribution in [0.5, 0.6) is 5.75 Å². The Morgan fingerprint density at radius 2 is 2.38 bits per heavy atom. The zero-order valence-electron chi connectivity index (χ0n) is 9.83. The van der Waals surface area contributed by atoms with Gasteiger partial charge in [-0.15, -0.1) is 0 Å². The lowest BCUT2D eigenvalue weighted by molar-refractivity contribution is 0.375. The standard InChI is InChI=1S/C13H20N2O/c1-16-12-6-2-5-11(13(12)14)8-10-4-3-7-15-9-10/h2,5-6,10,15H,3-4,7-9,14H2,1H3. The molecule has 1 aromatic carbocycles. The molecule has 1 unspecified atom stereocenters. The van der Waals surface area contributed by atoms with Crippen molar-refractivity contribution < 1.29 is 4.74 Å². The molecule has 1 atom stereocenters. The van der Waals surface area contributed by atoms with Crippen molar-refractivity contribution in [1.82, 2.24) is 5.32 Å². The normalized spacial score (nSPS) is 20.7. The summed E-state index contributed by atoms with van der Waals surface area (Å²) < 4.78 is 5.23. The summed E-state index contributed by atoms with van der Waals surface area (Å²) in [4.78, 5) is 0. The van der Waals surface area contributed by atoms with Crippen molar-refractivity contribution in [2.75, 3.05) is 25.9 Å². The number of methoxy groups -OCH3 is 1. The molecule has 1 fully saturated rings. The molecule has 0 aromatic heterocycles. The minimum absolute atomic E-state index is 0.711. The second-order valence-electron chi connectivity index (χ2n) is 4.45. The topological polar surface area (TPSA) is 47.3 Å². The van der Waals surface area contributed by atoms with Crippen LogP contribution in [-0.4, -0.2) is 20.2 Å². The predicted molar refractivity (Wildman–Crippen MR) is 66.7 cm³/mol. The SMILES string of the molecule is COc1cccc(CC2CCCNC2)c1N. The summed E-state index contributed by atoms with van der Waals surface area (Å²) in [7, 11) is 1.66. The highest BCUT2D eigenvalue weighted by atomic mass is 16.5. The van der Waals surface area contributed by atoms with Crippen molar-refractivity contribution >= 4 is 5.69 Å². The van der Waals surface area contributed by atoms with E-state index < -0.39 is 0 Å². The molecule has 0 bridgehead atoms. The highest BCUT2D eigenvalue weighted by Gasteiger charge is 2.15. The van der Waals surface area contributed by atoms with Crippen molar-refractivity contribution in [3.63, 3.8) is 0 Å². The number of ether oxygens (including phenoxy) is 1. The zero-order valence-corrected chi connectivity index (χ0v) is 9.83. The number of piperidine rings is 1. The molecular formula is C13H20N2O. The van der Waals surface area contributed by atoms with E-state index in [4.69, 9.17) is 10.5 Å². The summed E-state index contributed by atoms with van der Waals surface area (Å²) >= 11 is 0. The number of nitrogens with one attached hydrogen (secondary N) is 1. The van der Waals surface area contributed by atoms with Crippen LogP contribution in [-0.2, 0) is 6.42 Å². The highest BCUT2D eigenvalue weighted by molar-refractivity contribution is 5.58. The van der Waals surface area contributed by atoms with Gasteiger partial charge in [0.2, 0.25) is 0 Å². The zero-order chi connectivity index (χ0) is 11.4. The average Bonchev–Trinajstić information content (AvgIpc) is 2.33. The van der Waals surface area contributed by atoms with Gasteiger partial charge in [0.1, 0.15) is 5.75 Å². The third-order valence-corrected chi connectivity index (χ3v) is 3.28. The van der Waals surface area contributed by atoms with Crippen molar-refractivity contribution in [3.8, 4) is 5.75 Å². The molecule has 16 heavy (non-hydrogen) atoms. The van der Waals surface area contributed by atoms with E-state index >= 15 is 0 Å². The Morgan fingerprint density at radius 3 is 3.06 bits per heavy atom. The molecule has 88 valence electrons. The molecule has 3 heteroatoms. The molecule has 1 heterocycles. The van der Waals surface area contributed by atoms with Crippen LogP contribution in [0.3, 0.4) is 0 Å². The molecule has 0 amide bonds. The Bertz CT molecular complexity index is 346. The maximum absolute atomic E-state index is 6.07. The van der Waals surface area contributed by atoms with E-state index in [1.165, 1.54) is 18.4 Å². The molecule has 0 aliphatic carbocycles. The van der Waals surface area contributed by atoms with Gasteiger partial charge in [0.15, 0.2) is 0 Å². The van der Waals surface area contributed by atoms with Gasteiger partial charge in [-0.25, -0.2) is 0 Å². The fourth-order valence-electron chi connectivity index (χ4n) is 2.35. The van der Waals surface area contributed by atoms with Gasteiger partial charge in [-0.1, -0.05) is 12.1 Å². The maximum atomic E-state index is 6.07. The summed E-state index contributed by atoms with van der Waals surface area (Å²) in [6.45, 7) is 2.26. The summed E-state index contributed by atoms with van der Waals surface area (Å²) in [6, 6.07) is 6.03. The van der Waals surface area contributed by atoms with Gasteiger partial charge in [-0.05, 0) is 49.9 Å². The molecule has 0 radical (unpaired) electrons. The van der Waals surface area contributed by atoms with E-state index in [1.807, 2.05) is 12.1 Å². The number of para-hydroxylation sites is 1. The highest BCUT2D eigenvalue weighted by Crippen LogP contribution is 2.28. The molecule has 1 aliphatic heterocycles. The molecule has 3 N–H and O–H groups in total. The monoisotopic (exact) mass is 220 g/mol. The van der Waals surface area contributed by atoms with Crippen molar-refractivity contribution in [2.45, 2.75) is 19.3 Å². The van der Waals surface area contributed by atoms with E-state index in [0.717, 1.165) is 30.9 Å². The summed E-state index contributed by atoms with van der Waals surface area (Å²) in [5.41, 5.74) is 8.08. The van der Waals surface area contributed by atoms with Crippen LogP contribution in [0.25, 0.3) is 0 Å².